The van der Waals surface area contributed by atoms with Crippen molar-refractivity contribution in [1.29, 1.82) is 0 Å². The van der Waals surface area contributed by atoms with Crippen LogP contribution in [-0.2, 0) is 9.53 Å². The molecule has 0 aliphatic carbocycles. The van der Waals surface area contributed by atoms with Gasteiger partial charge < -0.3 is 15.8 Å². The fraction of sp³-hybridized carbons (Fsp3) is 0.933. The number of hydrogen-bond donors (Lipinski definition) is 2. The summed E-state index contributed by atoms with van der Waals surface area (Å²) in [5.74, 6) is 0.694. The lowest BCUT2D eigenvalue weighted by molar-refractivity contribution is -0.121. The zero-order valence-electron chi connectivity index (χ0n) is 13.2. The third kappa shape index (κ3) is 6.68. The van der Waals surface area contributed by atoms with Crippen LogP contribution in [0.1, 0.15) is 40.0 Å². The van der Waals surface area contributed by atoms with Crippen molar-refractivity contribution < 1.29 is 9.53 Å². The second kappa shape index (κ2) is 9.32. The normalized spacial score (nSPS) is 19.9. The fourth-order valence-corrected chi connectivity index (χ4v) is 2.53. The van der Waals surface area contributed by atoms with Gasteiger partial charge in [0.1, 0.15) is 0 Å². The monoisotopic (exact) mass is 285 g/mol. The van der Waals surface area contributed by atoms with Crippen LogP contribution in [0.4, 0.5) is 0 Å². The molecule has 1 aliphatic heterocycles. The van der Waals surface area contributed by atoms with Crippen molar-refractivity contribution in [2.75, 3.05) is 32.8 Å². The topological polar surface area (TPSA) is 67.6 Å². The molecule has 118 valence electrons. The Hall–Kier alpha value is -0.650. The molecule has 0 aromatic rings. The Morgan fingerprint density at radius 2 is 2.00 bits per heavy atom. The summed E-state index contributed by atoms with van der Waals surface area (Å²) in [6.45, 7) is 10.7. The quantitative estimate of drug-likeness (QED) is 0.697. The van der Waals surface area contributed by atoms with Gasteiger partial charge >= 0.3 is 0 Å². The smallest absolute Gasteiger partial charge is 0.221 e. The molecule has 2 atom stereocenters. The Morgan fingerprint density at radius 1 is 1.35 bits per heavy atom. The maximum atomic E-state index is 11.9. The highest BCUT2D eigenvalue weighted by molar-refractivity contribution is 5.76. The van der Waals surface area contributed by atoms with Gasteiger partial charge in [-0.05, 0) is 18.8 Å². The van der Waals surface area contributed by atoms with E-state index in [9.17, 15) is 4.79 Å². The van der Waals surface area contributed by atoms with Crippen LogP contribution in [0.3, 0.4) is 0 Å². The molecule has 0 saturated carbocycles. The van der Waals surface area contributed by atoms with E-state index >= 15 is 0 Å². The molecule has 5 nitrogen and oxygen atoms in total. The molecule has 5 heteroatoms. The lowest BCUT2D eigenvalue weighted by atomic mass is 10.0. The Balaban J connectivity index is 2.41. The van der Waals surface area contributed by atoms with E-state index in [1.807, 2.05) is 6.92 Å². The van der Waals surface area contributed by atoms with E-state index in [2.05, 4.69) is 24.1 Å². The van der Waals surface area contributed by atoms with E-state index in [1.165, 1.54) is 0 Å². The molecular formula is C15H31N3O2. The van der Waals surface area contributed by atoms with E-state index < -0.39 is 0 Å². The highest BCUT2D eigenvalue weighted by atomic mass is 16.5. The van der Waals surface area contributed by atoms with Crippen LogP contribution in [0.15, 0.2) is 0 Å². The van der Waals surface area contributed by atoms with Crippen LogP contribution in [0.2, 0.25) is 0 Å². The third-order valence-corrected chi connectivity index (χ3v) is 3.81. The van der Waals surface area contributed by atoms with E-state index in [4.69, 9.17) is 10.5 Å². The minimum atomic E-state index is -0.0260. The Labute approximate surface area is 123 Å². The number of hydrogen-bond acceptors (Lipinski definition) is 4. The number of nitrogens with two attached hydrogens (primary N) is 1. The predicted octanol–water partition coefficient (Wildman–Crippen LogP) is 0.977. The average Bonchev–Trinajstić information content (AvgIpc) is 2.43. The van der Waals surface area contributed by atoms with Gasteiger partial charge in [-0.25, -0.2) is 0 Å². The second-order valence-corrected chi connectivity index (χ2v) is 6.11. The molecule has 1 rings (SSSR count). The first-order valence-electron chi connectivity index (χ1n) is 7.87. The van der Waals surface area contributed by atoms with Gasteiger partial charge in [-0.3, -0.25) is 9.69 Å². The van der Waals surface area contributed by atoms with Gasteiger partial charge in [-0.15, -0.1) is 0 Å². The minimum Gasteiger partial charge on any atom is -0.379 e. The summed E-state index contributed by atoms with van der Waals surface area (Å²) >= 11 is 0. The van der Waals surface area contributed by atoms with E-state index in [0.29, 0.717) is 24.9 Å². The summed E-state index contributed by atoms with van der Waals surface area (Å²) in [6, 6.07) is 0.377. The SMILES string of the molecule is CCC(N)CC(=O)NCC(CC(C)C)N1CCOCC1. The maximum Gasteiger partial charge on any atom is 0.221 e. The number of amides is 1. The molecule has 1 aliphatic rings. The van der Waals surface area contributed by atoms with Crippen molar-refractivity contribution in [3.63, 3.8) is 0 Å². The van der Waals surface area contributed by atoms with Crippen molar-refractivity contribution >= 4 is 5.91 Å². The molecule has 1 fully saturated rings. The molecule has 1 heterocycles. The molecule has 0 spiro atoms. The van der Waals surface area contributed by atoms with Gasteiger partial charge in [-0.1, -0.05) is 20.8 Å². The van der Waals surface area contributed by atoms with Gasteiger partial charge in [0.25, 0.3) is 0 Å². The highest BCUT2D eigenvalue weighted by Gasteiger charge is 2.22. The summed E-state index contributed by atoms with van der Waals surface area (Å²) in [4.78, 5) is 14.3. The number of carbonyl (C=O) groups excluding carboxylic acids is 1. The molecule has 0 aromatic heterocycles. The van der Waals surface area contributed by atoms with Crippen LogP contribution in [-0.4, -0.2) is 55.7 Å². The van der Waals surface area contributed by atoms with Crippen LogP contribution < -0.4 is 11.1 Å². The summed E-state index contributed by atoms with van der Waals surface area (Å²) in [6.07, 6.45) is 2.36. The number of carbonyl (C=O) groups is 1. The van der Waals surface area contributed by atoms with E-state index in [-0.39, 0.29) is 11.9 Å². The minimum absolute atomic E-state index is 0.0260. The largest absolute Gasteiger partial charge is 0.379 e. The van der Waals surface area contributed by atoms with Gasteiger partial charge in [0.2, 0.25) is 5.91 Å². The Kier molecular flexibility index (Phi) is 8.11. The lowest BCUT2D eigenvalue weighted by Gasteiger charge is -2.35. The van der Waals surface area contributed by atoms with Crippen molar-refractivity contribution in [3.8, 4) is 0 Å². The fourth-order valence-electron chi connectivity index (χ4n) is 2.53. The zero-order valence-corrected chi connectivity index (χ0v) is 13.2. The van der Waals surface area contributed by atoms with Crippen LogP contribution >= 0.6 is 0 Å². The first-order valence-corrected chi connectivity index (χ1v) is 7.87. The first kappa shape index (κ1) is 17.4. The first-order chi connectivity index (χ1) is 9.52. The molecule has 20 heavy (non-hydrogen) atoms. The van der Waals surface area contributed by atoms with Crippen LogP contribution in [0, 0.1) is 5.92 Å². The van der Waals surface area contributed by atoms with Crippen LogP contribution in [0.25, 0.3) is 0 Å². The number of nitrogens with one attached hydrogen (secondary N) is 1. The van der Waals surface area contributed by atoms with Crippen molar-refractivity contribution in [2.24, 2.45) is 11.7 Å². The third-order valence-electron chi connectivity index (χ3n) is 3.81. The van der Waals surface area contributed by atoms with Gasteiger partial charge in [0.15, 0.2) is 0 Å². The molecule has 1 saturated heterocycles. The second-order valence-electron chi connectivity index (χ2n) is 6.11. The summed E-state index contributed by atoms with van der Waals surface area (Å²) < 4.78 is 5.40. The molecule has 3 N–H and O–H groups in total. The van der Waals surface area contributed by atoms with Gasteiger partial charge in [0.05, 0.1) is 13.2 Å². The maximum absolute atomic E-state index is 11.9. The van der Waals surface area contributed by atoms with Crippen LogP contribution in [0.5, 0.6) is 0 Å². The van der Waals surface area contributed by atoms with Crippen molar-refractivity contribution in [1.82, 2.24) is 10.2 Å². The number of nitrogens with zero attached hydrogens (tertiary/aromatic N) is 1. The van der Waals surface area contributed by atoms with Gasteiger partial charge in [-0.2, -0.15) is 0 Å². The zero-order chi connectivity index (χ0) is 15.0. The highest BCUT2D eigenvalue weighted by Crippen LogP contribution is 2.13. The van der Waals surface area contributed by atoms with E-state index in [1.54, 1.807) is 0 Å². The average molecular weight is 285 g/mol. The Morgan fingerprint density at radius 3 is 2.55 bits per heavy atom. The molecular weight excluding hydrogens is 254 g/mol. The van der Waals surface area contributed by atoms with Gasteiger partial charge in [0, 0.05) is 38.1 Å². The van der Waals surface area contributed by atoms with Crippen molar-refractivity contribution in [3.05, 3.63) is 0 Å². The summed E-state index contributed by atoms with van der Waals surface area (Å²) in [5.41, 5.74) is 5.82. The van der Waals surface area contributed by atoms with E-state index in [0.717, 1.165) is 39.1 Å². The molecule has 2 unspecified atom stereocenters. The summed E-state index contributed by atoms with van der Waals surface area (Å²) in [7, 11) is 0. The molecule has 0 radical (unpaired) electrons. The number of rotatable bonds is 8. The standard InChI is InChI=1S/C15H31N3O2/c1-4-13(16)10-15(19)17-11-14(9-12(2)3)18-5-7-20-8-6-18/h12-14H,4-11,16H2,1-3H3,(H,17,19). The molecule has 0 aromatic carbocycles. The molecule has 1 amide bonds. The number of morpholine rings is 1. The predicted molar refractivity (Wildman–Crippen MR) is 81.5 cm³/mol. The molecule has 0 bridgehead atoms. The number of ether oxygens (including phenoxy) is 1. The Bertz CT molecular complexity index is 278. The lowest BCUT2D eigenvalue weighted by Crippen LogP contribution is -2.49. The summed E-state index contributed by atoms with van der Waals surface area (Å²) in [5, 5.41) is 3.05. The van der Waals surface area contributed by atoms with Crippen molar-refractivity contribution in [2.45, 2.75) is 52.1 Å².